The Hall–Kier alpha value is -1.55. The summed E-state index contributed by atoms with van der Waals surface area (Å²) in [7, 11) is 0. The quantitative estimate of drug-likeness (QED) is 0.922. The van der Waals surface area contributed by atoms with Crippen molar-refractivity contribution in [1.29, 1.82) is 0 Å². The van der Waals surface area contributed by atoms with Gasteiger partial charge in [-0.3, -0.25) is 4.79 Å². The van der Waals surface area contributed by atoms with E-state index in [2.05, 4.69) is 10.5 Å². The minimum atomic E-state index is -0.555. The number of hydrogen-bond acceptors (Lipinski definition) is 3. The number of amides is 1. The zero-order valence-electron chi connectivity index (χ0n) is 11.0. The maximum atomic E-state index is 11.9. The third kappa shape index (κ3) is 3.26. The Kier molecular flexibility index (Phi) is 4.43. The van der Waals surface area contributed by atoms with Gasteiger partial charge >= 0.3 is 0 Å². The fourth-order valence-electron chi connectivity index (χ4n) is 1.81. The van der Waals surface area contributed by atoms with E-state index in [4.69, 9.17) is 16.4 Å². The lowest BCUT2D eigenvalue weighted by molar-refractivity contribution is -0.131. The monoisotopic (exact) mass is 280 g/mol. The second-order valence-electron chi connectivity index (χ2n) is 4.63. The number of halogens is 1. The standard InChI is InChI=1S/C14H17ClN2O2/c1-3-9(2)16-14(18)13-8-12(17-19-13)10-6-4-5-7-11(10)15/h4-7,9,13H,3,8H2,1-2H3,(H,16,18)/t9-,13+/m0/s1. The van der Waals surface area contributed by atoms with Gasteiger partial charge in [0.2, 0.25) is 6.10 Å². The van der Waals surface area contributed by atoms with Gasteiger partial charge in [0.15, 0.2) is 0 Å². The number of nitrogens with one attached hydrogen (secondary N) is 1. The fraction of sp³-hybridized carbons (Fsp3) is 0.429. The van der Waals surface area contributed by atoms with Crippen molar-refractivity contribution in [3.8, 4) is 0 Å². The summed E-state index contributed by atoms with van der Waals surface area (Å²) in [5.74, 6) is -0.125. The smallest absolute Gasteiger partial charge is 0.264 e. The predicted molar refractivity (Wildman–Crippen MR) is 75.4 cm³/mol. The van der Waals surface area contributed by atoms with Gasteiger partial charge in [0, 0.05) is 23.0 Å². The molecule has 19 heavy (non-hydrogen) atoms. The number of benzene rings is 1. The normalized spacial score (nSPS) is 19.5. The maximum absolute atomic E-state index is 11.9. The lowest BCUT2D eigenvalue weighted by Gasteiger charge is -2.14. The highest BCUT2D eigenvalue weighted by molar-refractivity contribution is 6.34. The molecule has 0 aromatic heterocycles. The summed E-state index contributed by atoms with van der Waals surface area (Å²) < 4.78 is 0. The second-order valence-corrected chi connectivity index (χ2v) is 5.04. The number of hydrogen-bond donors (Lipinski definition) is 1. The van der Waals surface area contributed by atoms with Crippen molar-refractivity contribution in [2.24, 2.45) is 5.16 Å². The molecule has 0 fully saturated rings. The molecule has 5 heteroatoms. The van der Waals surface area contributed by atoms with E-state index in [1.165, 1.54) is 0 Å². The first-order chi connectivity index (χ1) is 9.11. The summed E-state index contributed by atoms with van der Waals surface area (Å²) in [6.07, 6.45) is 0.781. The van der Waals surface area contributed by atoms with Crippen LogP contribution in [0.1, 0.15) is 32.3 Å². The Labute approximate surface area is 117 Å². The molecule has 1 amide bonds. The molecule has 1 aromatic carbocycles. The van der Waals surface area contributed by atoms with Crippen molar-refractivity contribution in [2.45, 2.75) is 38.8 Å². The van der Waals surface area contributed by atoms with Gasteiger partial charge in [0.05, 0.1) is 5.71 Å². The molecule has 0 saturated carbocycles. The van der Waals surface area contributed by atoms with E-state index in [-0.39, 0.29) is 11.9 Å². The van der Waals surface area contributed by atoms with Gasteiger partial charge in [-0.25, -0.2) is 0 Å². The van der Waals surface area contributed by atoms with Gasteiger partial charge in [-0.15, -0.1) is 0 Å². The number of carbonyl (C=O) groups is 1. The average Bonchev–Trinajstić information content (AvgIpc) is 2.88. The van der Waals surface area contributed by atoms with Crippen molar-refractivity contribution in [1.82, 2.24) is 5.32 Å². The number of nitrogens with zero attached hydrogens (tertiary/aromatic N) is 1. The Morgan fingerprint density at radius 3 is 3.00 bits per heavy atom. The summed E-state index contributed by atoms with van der Waals surface area (Å²) in [5.41, 5.74) is 1.54. The summed E-state index contributed by atoms with van der Waals surface area (Å²) >= 11 is 6.10. The van der Waals surface area contributed by atoms with Crippen molar-refractivity contribution >= 4 is 23.2 Å². The molecule has 0 spiro atoms. The average molecular weight is 281 g/mol. The van der Waals surface area contributed by atoms with Gasteiger partial charge in [0.25, 0.3) is 5.91 Å². The molecule has 1 aromatic rings. The van der Waals surface area contributed by atoms with Crippen molar-refractivity contribution < 1.29 is 9.63 Å². The third-order valence-electron chi connectivity index (χ3n) is 3.15. The molecule has 0 saturated heterocycles. The summed E-state index contributed by atoms with van der Waals surface area (Å²) in [5, 5.41) is 7.48. The SMILES string of the molecule is CC[C@H](C)NC(=O)[C@H]1CC(c2ccccc2Cl)=NO1. The predicted octanol–water partition coefficient (Wildman–Crippen LogP) is 2.75. The topological polar surface area (TPSA) is 50.7 Å². The first-order valence-electron chi connectivity index (χ1n) is 6.39. The van der Waals surface area contributed by atoms with Crippen LogP contribution in [0.5, 0.6) is 0 Å². The van der Waals surface area contributed by atoms with Crippen molar-refractivity contribution in [3.05, 3.63) is 34.9 Å². The number of carbonyl (C=O) groups excluding carboxylic acids is 1. The van der Waals surface area contributed by atoms with Crippen LogP contribution in [0.2, 0.25) is 5.02 Å². The fourth-order valence-corrected chi connectivity index (χ4v) is 2.05. The molecule has 2 atom stereocenters. The van der Waals surface area contributed by atoms with Crippen LogP contribution in [0.15, 0.2) is 29.4 Å². The molecular formula is C14H17ClN2O2. The van der Waals surface area contributed by atoms with Gasteiger partial charge in [-0.1, -0.05) is 41.9 Å². The van der Waals surface area contributed by atoms with Crippen LogP contribution in [0.3, 0.4) is 0 Å². The molecular weight excluding hydrogens is 264 g/mol. The number of oxime groups is 1. The molecule has 102 valence electrons. The van der Waals surface area contributed by atoms with E-state index in [9.17, 15) is 4.79 Å². The van der Waals surface area contributed by atoms with Crippen LogP contribution in [0.25, 0.3) is 0 Å². The molecule has 0 bridgehead atoms. The largest absolute Gasteiger partial charge is 0.382 e. The van der Waals surface area contributed by atoms with Crippen LogP contribution < -0.4 is 5.32 Å². The minimum absolute atomic E-state index is 0.125. The Bertz CT molecular complexity index is 502. The molecule has 0 radical (unpaired) electrons. The van der Waals surface area contributed by atoms with E-state index < -0.39 is 6.10 Å². The lowest BCUT2D eigenvalue weighted by atomic mass is 10.0. The van der Waals surface area contributed by atoms with E-state index in [0.29, 0.717) is 11.4 Å². The molecule has 1 N–H and O–H groups in total. The summed E-state index contributed by atoms with van der Waals surface area (Å²) in [6.45, 7) is 3.98. The first-order valence-corrected chi connectivity index (χ1v) is 6.77. The highest BCUT2D eigenvalue weighted by Gasteiger charge is 2.29. The minimum Gasteiger partial charge on any atom is -0.382 e. The second kappa shape index (κ2) is 6.06. The lowest BCUT2D eigenvalue weighted by Crippen LogP contribution is -2.39. The Balaban J connectivity index is 2.00. The highest BCUT2D eigenvalue weighted by atomic mass is 35.5. The molecule has 2 rings (SSSR count). The molecule has 1 heterocycles. The Morgan fingerprint density at radius 1 is 1.58 bits per heavy atom. The summed E-state index contributed by atoms with van der Waals surface area (Å²) in [4.78, 5) is 17.1. The van der Waals surface area contributed by atoms with Gasteiger partial charge in [-0.05, 0) is 19.4 Å². The van der Waals surface area contributed by atoms with Gasteiger partial charge < -0.3 is 10.2 Å². The van der Waals surface area contributed by atoms with Crippen LogP contribution in [-0.4, -0.2) is 23.8 Å². The molecule has 1 aliphatic rings. The highest BCUT2D eigenvalue weighted by Crippen LogP contribution is 2.22. The molecule has 0 unspecified atom stereocenters. The van der Waals surface area contributed by atoms with Gasteiger partial charge in [-0.2, -0.15) is 0 Å². The Morgan fingerprint density at radius 2 is 2.32 bits per heavy atom. The third-order valence-corrected chi connectivity index (χ3v) is 3.48. The van der Waals surface area contributed by atoms with Crippen molar-refractivity contribution in [3.63, 3.8) is 0 Å². The van der Waals surface area contributed by atoms with Crippen molar-refractivity contribution in [2.75, 3.05) is 0 Å². The molecule has 1 aliphatic heterocycles. The van der Waals surface area contributed by atoms with Crippen LogP contribution in [0.4, 0.5) is 0 Å². The zero-order valence-corrected chi connectivity index (χ0v) is 11.8. The van der Waals surface area contributed by atoms with E-state index in [1.807, 2.05) is 32.0 Å². The number of rotatable bonds is 4. The van der Waals surface area contributed by atoms with E-state index in [0.717, 1.165) is 17.7 Å². The maximum Gasteiger partial charge on any atom is 0.264 e. The van der Waals surface area contributed by atoms with E-state index in [1.54, 1.807) is 6.07 Å². The summed E-state index contributed by atoms with van der Waals surface area (Å²) in [6, 6.07) is 7.55. The van der Waals surface area contributed by atoms with Crippen LogP contribution in [-0.2, 0) is 9.63 Å². The molecule has 0 aliphatic carbocycles. The van der Waals surface area contributed by atoms with Crippen LogP contribution >= 0.6 is 11.6 Å². The van der Waals surface area contributed by atoms with E-state index >= 15 is 0 Å². The van der Waals surface area contributed by atoms with Crippen LogP contribution in [0, 0.1) is 0 Å². The zero-order chi connectivity index (χ0) is 13.8. The first kappa shape index (κ1) is 13.9. The van der Waals surface area contributed by atoms with Gasteiger partial charge in [0.1, 0.15) is 0 Å². The molecule has 4 nitrogen and oxygen atoms in total.